The highest BCUT2D eigenvalue weighted by molar-refractivity contribution is 6.30. The Labute approximate surface area is 131 Å². The van der Waals surface area contributed by atoms with Gasteiger partial charge in [-0.2, -0.15) is 0 Å². The summed E-state index contributed by atoms with van der Waals surface area (Å²) in [6.45, 7) is 3.87. The summed E-state index contributed by atoms with van der Waals surface area (Å²) in [5, 5.41) is 13.8. The Kier molecular flexibility index (Phi) is 3.61. The van der Waals surface area contributed by atoms with Crippen LogP contribution in [0, 0.1) is 0 Å². The highest BCUT2D eigenvalue weighted by Crippen LogP contribution is 2.12. The van der Waals surface area contributed by atoms with Crippen LogP contribution in [0.3, 0.4) is 0 Å². The number of rotatable bonds is 2. The summed E-state index contributed by atoms with van der Waals surface area (Å²) < 4.78 is 1.40. The van der Waals surface area contributed by atoms with Gasteiger partial charge in [0.15, 0.2) is 0 Å². The maximum Gasteiger partial charge on any atom is 0.279 e. The van der Waals surface area contributed by atoms with Crippen molar-refractivity contribution in [1.82, 2.24) is 9.78 Å². The molecule has 3 rings (SSSR count). The van der Waals surface area contributed by atoms with Crippen LogP contribution in [-0.4, -0.2) is 14.9 Å². The molecule has 2 N–H and O–H groups in total. The Morgan fingerprint density at radius 3 is 2.59 bits per heavy atom. The van der Waals surface area contributed by atoms with E-state index < -0.39 is 0 Å². The second-order valence-corrected chi connectivity index (χ2v) is 5.30. The Hall–Kier alpha value is -2.72. The van der Waals surface area contributed by atoms with Gasteiger partial charge in [-0.1, -0.05) is 36.4 Å². The van der Waals surface area contributed by atoms with Gasteiger partial charge in [-0.15, -0.1) is 0 Å². The van der Waals surface area contributed by atoms with E-state index in [2.05, 4.69) is 11.7 Å². The van der Waals surface area contributed by atoms with Crippen molar-refractivity contribution in [3.63, 3.8) is 0 Å². The van der Waals surface area contributed by atoms with E-state index in [1.54, 1.807) is 54.6 Å². The number of benzene rings is 2. The highest BCUT2D eigenvalue weighted by atomic mass is 35.5. The molecule has 0 aliphatic rings. The standard InChI is InChI=1S/C17H13ClN2O2/c1-11-16(9-12-5-7-15(21)8-6-12)17(22)20(19-11)14-4-2-3-13(18)10-14/h2-10,19,21H,1H2. The summed E-state index contributed by atoms with van der Waals surface area (Å²) in [6, 6.07) is 13.6. The summed E-state index contributed by atoms with van der Waals surface area (Å²) in [4.78, 5) is 12.5. The molecule has 0 aliphatic heterocycles. The second kappa shape index (κ2) is 5.58. The van der Waals surface area contributed by atoms with Gasteiger partial charge < -0.3 is 5.11 Å². The van der Waals surface area contributed by atoms with Crippen molar-refractivity contribution in [3.05, 3.63) is 80.0 Å². The second-order valence-electron chi connectivity index (χ2n) is 4.86. The molecule has 0 radical (unpaired) electrons. The van der Waals surface area contributed by atoms with Crippen LogP contribution in [0.1, 0.15) is 5.56 Å². The summed E-state index contributed by atoms with van der Waals surface area (Å²) in [5.41, 5.74) is 1.24. The third-order valence-corrected chi connectivity index (χ3v) is 3.51. The van der Waals surface area contributed by atoms with Crippen LogP contribution in [0.5, 0.6) is 5.75 Å². The minimum absolute atomic E-state index is 0.178. The predicted molar refractivity (Wildman–Crippen MR) is 87.8 cm³/mol. The van der Waals surface area contributed by atoms with E-state index in [9.17, 15) is 9.90 Å². The first-order chi connectivity index (χ1) is 10.5. The van der Waals surface area contributed by atoms with E-state index in [1.807, 2.05) is 0 Å². The Bertz CT molecular complexity index is 985. The quantitative estimate of drug-likeness (QED) is 0.757. The molecule has 2 aromatic carbocycles. The number of hydrogen-bond acceptors (Lipinski definition) is 2. The Balaban J connectivity index is 2.17. The fourth-order valence-corrected chi connectivity index (χ4v) is 2.36. The molecule has 0 saturated carbocycles. The first-order valence-corrected chi connectivity index (χ1v) is 6.99. The topological polar surface area (TPSA) is 58.0 Å². The fourth-order valence-electron chi connectivity index (χ4n) is 2.18. The number of aromatic nitrogens is 2. The SMILES string of the molecule is C=c1[nH]n(-c2cccc(Cl)c2)c(=O)c1=Cc1ccc(O)cc1. The van der Waals surface area contributed by atoms with E-state index in [-0.39, 0.29) is 11.3 Å². The van der Waals surface area contributed by atoms with E-state index in [4.69, 9.17) is 11.6 Å². The van der Waals surface area contributed by atoms with Crippen LogP contribution in [0.2, 0.25) is 5.02 Å². The zero-order valence-corrected chi connectivity index (χ0v) is 12.3. The van der Waals surface area contributed by atoms with E-state index in [1.165, 1.54) is 4.68 Å². The van der Waals surface area contributed by atoms with Crippen molar-refractivity contribution >= 4 is 24.3 Å². The van der Waals surface area contributed by atoms with Gasteiger partial charge in [0.05, 0.1) is 16.3 Å². The highest BCUT2D eigenvalue weighted by Gasteiger charge is 2.05. The molecule has 0 unspecified atom stereocenters. The third-order valence-electron chi connectivity index (χ3n) is 3.28. The lowest BCUT2D eigenvalue weighted by Crippen LogP contribution is -2.33. The van der Waals surface area contributed by atoms with Gasteiger partial charge >= 0.3 is 0 Å². The molecule has 0 spiro atoms. The average molecular weight is 313 g/mol. The smallest absolute Gasteiger partial charge is 0.279 e. The summed E-state index contributed by atoms with van der Waals surface area (Å²) in [6.07, 6.45) is 1.72. The number of aromatic amines is 1. The zero-order chi connectivity index (χ0) is 15.7. The summed E-state index contributed by atoms with van der Waals surface area (Å²) in [5.74, 6) is 0.178. The van der Waals surface area contributed by atoms with Crippen molar-refractivity contribution in [2.24, 2.45) is 0 Å². The van der Waals surface area contributed by atoms with Crippen molar-refractivity contribution in [2.75, 3.05) is 0 Å². The van der Waals surface area contributed by atoms with E-state index in [0.29, 0.717) is 21.3 Å². The lowest BCUT2D eigenvalue weighted by Gasteiger charge is -2.00. The number of H-pyrrole nitrogens is 1. The molecule has 4 nitrogen and oxygen atoms in total. The van der Waals surface area contributed by atoms with Crippen LogP contribution in [0.4, 0.5) is 0 Å². The fraction of sp³-hybridized carbons (Fsp3) is 0. The van der Waals surface area contributed by atoms with Crippen LogP contribution >= 0.6 is 11.6 Å². The van der Waals surface area contributed by atoms with Crippen LogP contribution in [0.25, 0.3) is 18.3 Å². The largest absolute Gasteiger partial charge is 0.508 e. The first-order valence-electron chi connectivity index (χ1n) is 6.61. The molecule has 5 heteroatoms. The number of hydrogen-bond donors (Lipinski definition) is 2. The molecule has 0 atom stereocenters. The maximum absolute atomic E-state index is 12.5. The molecule has 0 aliphatic carbocycles. The van der Waals surface area contributed by atoms with Crippen LogP contribution < -0.4 is 16.1 Å². The van der Waals surface area contributed by atoms with Crippen molar-refractivity contribution in [1.29, 1.82) is 0 Å². The van der Waals surface area contributed by atoms with E-state index in [0.717, 1.165) is 5.56 Å². The predicted octanol–water partition coefficient (Wildman–Crippen LogP) is 1.76. The molecular formula is C17H13ClN2O2. The monoisotopic (exact) mass is 312 g/mol. The molecule has 1 heterocycles. The molecule has 0 fully saturated rings. The van der Waals surface area contributed by atoms with E-state index >= 15 is 0 Å². The van der Waals surface area contributed by atoms with Gasteiger partial charge in [-0.25, -0.2) is 4.68 Å². The molecular weight excluding hydrogens is 300 g/mol. The minimum Gasteiger partial charge on any atom is -0.508 e. The molecule has 0 bridgehead atoms. The molecule has 3 aromatic rings. The van der Waals surface area contributed by atoms with Gasteiger partial charge in [-0.3, -0.25) is 9.89 Å². The number of aromatic hydroxyl groups is 1. The van der Waals surface area contributed by atoms with Gasteiger partial charge in [0.25, 0.3) is 5.56 Å². The average Bonchev–Trinajstić information content (AvgIpc) is 2.77. The first kappa shape index (κ1) is 14.2. The van der Waals surface area contributed by atoms with Crippen molar-refractivity contribution in [3.8, 4) is 11.4 Å². The number of halogens is 1. The molecule has 0 amide bonds. The van der Waals surface area contributed by atoms with Crippen LogP contribution in [-0.2, 0) is 0 Å². The zero-order valence-electron chi connectivity index (χ0n) is 11.6. The van der Waals surface area contributed by atoms with Gasteiger partial charge in [0.1, 0.15) is 5.75 Å². The lowest BCUT2D eigenvalue weighted by molar-refractivity contribution is 0.475. The maximum atomic E-state index is 12.5. The number of phenols is 1. The molecule has 0 saturated heterocycles. The molecule has 22 heavy (non-hydrogen) atoms. The molecule has 1 aromatic heterocycles. The number of phenolic OH excluding ortho intramolecular Hbond substituents is 1. The number of nitrogens with zero attached hydrogens (tertiary/aromatic N) is 1. The van der Waals surface area contributed by atoms with Gasteiger partial charge in [-0.05, 0) is 42.0 Å². The summed E-state index contributed by atoms with van der Waals surface area (Å²) >= 11 is 5.96. The minimum atomic E-state index is -0.208. The Morgan fingerprint density at radius 2 is 1.91 bits per heavy atom. The van der Waals surface area contributed by atoms with Gasteiger partial charge in [0, 0.05) is 5.02 Å². The van der Waals surface area contributed by atoms with Crippen LogP contribution in [0.15, 0.2) is 53.3 Å². The summed E-state index contributed by atoms with van der Waals surface area (Å²) in [7, 11) is 0. The van der Waals surface area contributed by atoms with Crippen molar-refractivity contribution in [2.45, 2.75) is 0 Å². The number of nitrogens with one attached hydrogen (secondary N) is 1. The van der Waals surface area contributed by atoms with Gasteiger partial charge in [0.2, 0.25) is 0 Å². The molecule has 110 valence electrons. The Morgan fingerprint density at radius 1 is 1.18 bits per heavy atom. The lowest BCUT2D eigenvalue weighted by atomic mass is 10.2. The normalized spacial score (nSPS) is 11.8. The third kappa shape index (κ3) is 2.69. The van der Waals surface area contributed by atoms with Crippen molar-refractivity contribution < 1.29 is 5.11 Å².